The van der Waals surface area contributed by atoms with Crippen molar-refractivity contribution in [1.82, 2.24) is 0 Å². The second-order valence-electron chi connectivity index (χ2n) is 7.86. The third kappa shape index (κ3) is 6.69. The minimum Gasteiger partial charge on any atom is -0.481 e. The first-order valence-corrected chi connectivity index (χ1v) is 10.1. The number of aliphatic carboxylic acids is 1. The summed E-state index contributed by atoms with van der Waals surface area (Å²) < 4.78 is 0. The molecule has 2 nitrogen and oxygen atoms in total. The molecule has 0 amide bonds. The van der Waals surface area contributed by atoms with Crippen molar-refractivity contribution in [2.75, 3.05) is 0 Å². The molecule has 0 bridgehead atoms. The maximum atomic E-state index is 10.8. The van der Waals surface area contributed by atoms with Gasteiger partial charge in [-0.1, -0.05) is 57.6 Å². The van der Waals surface area contributed by atoms with E-state index in [1.165, 1.54) is 70.6 Å². The van der Waals surface area contributed by atoms with Crippen molar-refractivity contribution in [3.8, 4) is 0 Å². The molecular weight excluding hydrogens is 284 g/mol. The van der Waals surface area contributed by atoms with Crippen LogP contribution in [0.25, 0.3) is 0 Å². The molecule has 0 unspecified atom stereocenters. The smallest absolute Gasteiger partial charge is 0.306 e. The summed E-state index contributed by atoms with van der Waals surface area (Å²) in [6, 6.07) is 0. The zero-order chi connectivity index (χ0) is 16.5. The van der Waals surface area contributed by atoms with Crippen LogP contribution >= 0.6 is 0 Å². The first-order chi connectivity index (χ1) is 11.2. The van der Waals surface area contributed by atoms with Gasteiger partial charge in [0, 0.05) is 0 Å². The Morgan fingerprint density at radius 1 is 1.04 bits per heavy atom. The average molecular weight is 321 g/mol. The molecule has 2 heteroatoms. The fraction of sp³-hybridized carbons (Fsp3) is 0.857. The Morgan fingerprint density at radius 3 is 2.52 bits per heavy atom. The predicted octanol–water partition coefficient (Wildman–Crippen LogP) is 6.21. The molecule has 4 atom stereocenters. The molecule has 2 aliphatic rings. The van der Waals surface area contributed by atoms with Crippen LogP contribution in [0.15, 0.2) is 12.2 Å². The lowest BCUT2D eigenvalue weighted by molar-refractivity contribution is -0.138. The number of allylic oxidation sites excluding steroid dienone is 2. The fourth-order valence-electron chi connectivity index (χ4n) is 4.32. The molecule has 0 heterocycles. The first kappa shape index (κ1) is 18.5. The SMILES string of the molecule is CCCCCCC=C[C@H]1CCC[C@@H]1CCCC[C@@H]1C[C@H]1C(=O)O. The lowest BCUT2D eigenvalue weighted by Crippen LogP contribution is -2.05. The molecule has 0 radical (unpaired) electrons. The van der Waals surface area contributed by atoms with Gasteiger partial charge in [-0.2, -0.15) is 0 Å². The number of hydrogen-bond donors (Lipinski definition) is 1. The standard InChI is InChI=1S/C21H36O2/c1-2-3-4-5-6-7-11-17-14-10-15-18(17)12-8-9-13-19-16-20(19)21(22)23/h7,11,17-20H,2-6,8-10,12-16H2,1H3,(H,22,23)/t17-,18-,19+,20+/m0/s1. The zero-order valence-electron chi connectivity index (χ0n) is 15.0. The molecule has 23 heavy (non-hydrogen) atoms. The number of hydrogen-bond acceptors (Lipinski definition) is 1. The van der Waals surface area contributed by atoms with Gasteiger partial charge in [0.25, 0.3) is 0 Å². The summed E-state index contributed by atoms with van der Waals surface area (Å²) in [4.78, 5) is 10.8. The van der Waals surface area contributed by atoms with Gasteiger partial charge in [0.2, 0.25) is 0 Å². The normalized spacial score (nSPS) is 30.1. The van der Waals surface area contributed by atoms with Gasteiger partial charge in [0.1, 0.15) is 0 Å². The summed E-state index contributed by atoms with van der Waals surface area (Å²) in [6.45, 7) is 2.27. The predicted molar refractivity (Wildman–Crippen MR) is 96.4 cm³/mol. The quantitative estimate of drug-likeness (QED) is 0.343. The van der Waals surface area contributed by atoms with E-state index in [9.17, 15) is 4.79 Å². The number of carbonyl (C=O) groups is 1. The highest BCUT2D eigenvalue weighted by atomic mass is 16.4. The minimum absolute atomic E-state index is 0.00938. The third-order valence-electron chi connectivity index (χ3n) is 5.97. The summed E-state index contributed by atoms with van der Waals surface area (Å²) in [5.74, 6) is 1.64. The van der Waals surface area contributed by atoms with Gasteiger partial charge >= 0.3 is 5.97 Å². The Hall–Kier alpha value is -0.790. The molecule has 2 aliphatic carbocycles. The van der Waals surface area contributed by atoms with Crippen LogP contribution in [0.1, 0.15) is 90.4 Å². The average Bonchev–Trinajstić information content (AvgIpc) is 3.19. The third-order valence-corrected chi connectivity index (χ3v) is 5.97. The van der Waals surface area contributed by atoms with Gasteiger partial charge in [0.15, 0.2) is 0 Å². The van der Waals surface area contributed by atoms with Crippen molar-refractivity contribution < 1.29 is 9.90 Å². The maximum Gasteiger partial charge on any atom is 0.306 e. The summed E-state index contributed by atoms with van der Waals surface area (Å²) in [5, 5.41) is 8.93. The summed E-state index contributed by atoms with van der Waals surface area (Å²) in [7, 11) is 0. The van der Waals surface area contributed by atoms with Gasteiger partial charge < -0.3 is 5.11 Å². The number of rotatable bonds is 12. The molecule has 0 aromatic heterocycles. The maximum absolute atomic E-state index is 10.8. The van der Waals surface area contributed by atoms with E-state index >= 15 is 0 Å². The molecule has 0 saturated heterocycles. The first-order valence-electron chi connectivity index (χ1n) is 10.1. The van der Waals surface area contributed by atoms with Crippen molar-refractivity contribution in [2.24, 2.45) is 23.7 Å². The van der Waals surface area contributed by atoms with Crippen LogP contribution in [0.2, 0.25) is 0 Å². The van der Waals surface area contributed by atoms with E-state index in [-0.39, 0.29) is 5.92 Å². The fourth-order valence-corrected chi connectivity index (χ4v) is 4.32. The van der Waals surface area contributed by atoms with Gasteiger partial charge in [-0.25, -0.2) is 0 Å². The van der Waals surface area contributed by atoms with Crippen LogP contribution in [0.4, 0.5) is 0 Å². The Balaban J connectivity index is 1.53. The molecule has 0 spiro atoms. The van der Waals surface area contributed by atoms with E-state index in [0.717, 1.165) is 24.7 Å². The molecule has 2 saturated carbocycles. The van der Waals surface area contributed by atoms with Crippen LogP contribution in [-0.4, -0.2) is 11.1 Å². The Labute approximate surface area is 142 Å². The highest BCUT2D eigenvalue weighted by molar-refractivity contribution is 5.73. The van der Waals surface area contributed by atoms with Gasteiger partial charge in [-0.05, 0) is 62.7 Å². The largest absolute Gasteiger partial charge is 0.481 e. The Morgan fingerprint density at radius 2 is 1.83 bits per heavy atom. The summed E-state index contributed by atoms with van der Waals surface area (Å²) in [5.41, 5.74) is 0. The van der Waals surface area contributed by atoms with Crippen LogP contribution in [0.5, 0.6) is 0 Å². The summed E-state index contributed by atoms with van der Waals surface area (Å²) in [6.07, 6.45) is 21.8. The monoisotopic (exact) mass is 320 g/mol. The van der Waals surface area contributed by atoms with E-state index in [1.807, 2.05) is 0 Å². The van der Waals surface area contributed by atoms with Crippen molar-refractivity contribution in [3.63, 3.8) is 0 Å². The van der Waals surface area contributed by atoms with Crippen LogP contribution in [0.3, 0.4) is 0 Å². The summed E-state index contributed by atoms with van der Waals surface area (Å²) >= 11 is 0. The molecule has 0 aliphatic heterocycles. The van der Waals surface area contributed by atoms with Crippen LogP contribution < -0.4 is 0 Å². The molecular formula is C21H36O2. The van der Waals surface area contributed by atoms with Gasteiger partial charge in [-0.3, -0.25) is 4.79 Å². The molecule has 0 aromatic rings. The highest BCUT2D eigenvalue weighted by Gasteiger charge is 2.42. The van der Waals surface area contributed by atoms with Crippen molar-refractivity contribution in [2.45, 2.75) is 90.4 Å². The van der Waals surface area contributed by atoms with E-state index in [4.69, 9.17) is 5.11 Å². The van der Waals surface area contributed by atoms with Crippen LogP contribution in [-0.2, 0) is 4.79 Å². The Kier molecular flexibility index (Phi) is 8.19. The van der Waals surface area contributed by atoms with Crippen molar-refractivity contribution >= 4 is 5.97 Å². The molecule has 2 rings (SSSR count). The van der Waals surface area contributed by atoms with E-state index in [0.29, 0.717) is 5.92 Å². The Bertz CT molecular complexity index is 374. The van der Waals surface area contributed by atoms with Gasteiger partial charge in [-0.15, -0.1) is 0 Å². The molecule has 1 N–H and O–H groups in total. The highest BCUT2D eigenvalue weighted by Crippen LogP contribution is 2.43. The van der Waals surface area contributed by atoms with Crippen LogP contribution in [0, 0.1) is 23.7 Å². The second-order valence-corrected chi connectivity index (χ2v) is 7.86. The second kappa shape index (κ2) is 10.2. The van der Waals surface area contributed by atoms with Gasteiger partial charge in [0.05, 0.1) is 5.92 Å². The lowest BCUT2D eigenvalue weighted by Gasteiger charge is -2.16. The number of carboxylic acids is 1. The van der Waals surface area contributed by atoms with E-state index in [2.05, 4.69) is 19.1 Å². The molecule has 2 fully saturated rings. The molecule has 0 aromatic carbocycles. The topological polar surface area (TPSA) is 37.3 Å². The van der Waals surface area contributed by atoms with Crippen molar-refractivity contribution in [1.29, 1.82) is 0 Å². The lowest BCUT2D eigenvalue weighted by atomic mass is 9.90. The number of carboxylic acid groups (broad SMARTS) is 1. The number of unbranched alkanes of at least 4 members (excludes halogenated alkanes) is 5. The minimum atomic E-state index is -0.574. The van der Waals surface area contributed by atoms with E-state index in [1.54, 1.807) is 0 Å². The van der Waals surface area contributed by atoms with E-state index < -0.39 is 5.97 Å². The van der Waals surface area contributed by atoms with Crippen molar-refractivity contribution in [3.05, 3.63) is 12.2 Å². The molecule has 132 valence electrons. The zero-order valence-corrected chi connectivity index (χ0v) is 15.0.